The van der Waals surface area contributed by atoms with Gasteiger partial charge >= 0.3 is 0 Å². The molecule has 1 heterocycles. The van der Waals surface area contributed by atoms with Gasteiger partial charge in [-0.1, -0.05) is 80.5 Å². The van der Waals surface area contributed by atoms with Crippen LogP contribution in [0.15, 0.2) is 59.1 Å². The van der Waals surface area contributed by atoms with E-state index >= 15 is 0 Å². The fraction of sp³-hybridized carbons (Fsp3) is 0.407. The van der Waals surface area contributed by atoms with Gasteiger partial charge in [-0.05, 0) is 42.7 Å². The second-order valence-electron chi connectivity index (χ2n) is 9.65. The van der Waals surface area contributed by atoms with Crippen molar-refractivity contribution in [2.45, 2.75) is 71.1 Å². The molecule has 1 amide bonds. The predicted octanol–water partition coefficient (Wildman–Crippen LogP) is 5.82. The third-order valence-electron chi connectivity index (χ3n) is 6.18. The summed E-state index contributed by atoms with van der Waals surface area (Å²) in [5.74, 6) is 0.360. The van der Waals surface area contributed by atoms with Gasteiger partial charge < -0.3 is 14.6 Å². The highest BCUT2D eigenvalue weighted by molar-refractivity contribution is 6.00. The van der Waals surface area contributed by atoms with Crippen molar-refractivity contribution >= 4 is 5.91 Å². The molecule has 1 fully saturated rings. The molecule has 0 unspecified atom stereocenters. The molecule has 0 spiro atoms. The molecule has 0 radical (unpaired) electrons. The fourth-order valence-corrected chi connectivity index (χ4v) is 4.26. The minimum atomic E-state index is -0.154. The molecule has 1 N–H and O–H groups in total. The molecule has 2 atom stereocenters. The summed E-state index contributed by atoms with van der Waals surface area (Å²) in [6.45, 7) is 8.89. The molecule has 1 aliphatic carbocycles. The average molecular weight is 433 g/mol. The second kappa shape index (κ2) is 9.29. The average Bonchev–Trinajstić information content (AvgIpc) is 3.38. The van der Waals surface area contributed by atoms with E-state index in [9.17, 15) is 4.79 Å². The summed E-state index contributed by atoms with van der Waals surface area (Å²) in [4.78, 5) is 13.3. The van der Waals surface area contributed by atoms with Crippen LogP contribution in [-0.4, -0.2) is 23.2 Å². The molecule has 1 saturated carbocycles. The summed E-state index contributed by atoms with van der Waals surface area (Å²) in [7, 11) is 0. The van der Waals surface area contributed by atoms with Crippen LogP contribution in [0.25, 0.3) is 11.3 Å². The van der Waals surface area contributed by atoms with Gasteiger partial charge in [0.2, 0.25) is 0 Å². The SMILES string of the molecule is Cc1noc(-c2ccc(C(C)(C)C)cc2)c1C(=O)N[C@H]1CCC[C@@H]1OCc1ccccc1. The highest BCUT2D eigenvalue weighted by Gasteiger charge is 2.32. The summed E-state index contributed by atoms with van der Waals surface area (Å²) >= 11 is 0. The van der Waals surface area contributed by atoms with Gasteiger partial charge in [-0.3, -0.25) is 4.79 Å². The number of carbonyl (C=O) groups excluding carboxylic acids is 1. The Morgan fingerprint density at radius 3 is 2.50 bits per heavy atom. The number of carbonyl (C=O) groups is 1. The van der Waals surface area contributed by atoms with E-state index in [4.69, 9.17) is 9.26 Å². The Morgan fingerprint density at radius 1 is 1.09 bits per heavy atom. The third-order valence-corrected chi connectivity index (χ3v) is 6.18. The van der Waals surface area contributed by atoms with Crippen molar-refractivity contribution in [2.24, 2.45) is 0 Å². The van der Waals surface area contributed by atoms with Gasteiger partial charge in [0.05, 0.1) is 24.4 Å². The molecule has 0 aliphatic heterocycles. The number of nitrogens with zero attached hydrogens (tertiary/aromatic N) is 1. The van der Waals surface area contributed by atoms with Gasteiger partial charge in [0.15, 0.2) is 5.76 Å². The van der Waals surface area contributed by atoms with E-state index in [1.54, 1.807) is 0 Å². The molecule has 1 aliphatic rings. The van der Waals surface area contributed by atoms with E-state index in [-0.39, 0.29) is 23.5 Å². The maximum atomic E-state index is 13.3. The molecule has 3 aromatic rings. The summed E-state index contributed by atoms with van der Waals surface area (Å²) in [6, 6.07) is 18.3. The van der Waals surface area contributed by atoms with Crippen molar-refractivity contribution in [3.05, 3.63) is 77.0 Å². The number of aromatic nitrogens is 1. The first-order valence-electron chi connectivity index (χ1n) is 11.4. The third kappa shape index (κ3) is 4.94. The molecule has 0 saturated heterocycles. The highest BCUT2D eigenvalue weighted by atomic mass is 16.5. The lowest BCUT2D eigenvalue weighted by molar-refractivity contribution is 0.0272. The van der Waals surface area contributed by atoms with Crippen LogP contribution < -0.4 is 5.32 Å². The Bertz CT molecular complexity index is 1050. The number of hydrogen-bond donors (Lipinski definition) is 1. The summed E-state index contributed by atoms with van der Waals surface area (Å²) in [6.07, 6.45) is 2.90. The molecule has 2 aromatic carbocycles. The largest absolute Gasteiger partial charge is 0.371 e. The zero-order valence-electron chi connectivity index (χ0n) is 19.4. The number of amides is 1. The van der Waals surface area contributed by atoms with Crippen molar-refractivity contribution < 1.29 is 14.1 Å². The Labute approximate surface area is 190 Å². The van der Waals surface area contributed by atoms with Gasteiger partial charge in [-0.25, -0.2) is 0 Å². The summed E-state index contributed by atoms with van der Waals surface area (Å²) in [5, 5.41) is 7.28. The van der Waals surface area contributed by atoms with Crippen molar-refractivity contribution in [3.8, 4) is 11.3 Å². The summed E-state index contributed by atoms with van der Waals surface area (Å²) in [5.41, 5.74) is 4.38. The normalized spacial score (nSPS) is 18.6. The summed E-state index contributed by atoms with van der Waals surface area (Å²) < 4.78 is 11.7. The first-order chi connectivity index (χ1) is 15.3. The number of benzene rings is 2. The number of aryl methyl sites for hydroxylation is 1. The van der Waals surface area contributed by atoms with E-state index in [1.165, 1.54) is 5.56 Å². The zero-order chi connectivity index (χ0) is 22.7. The lowest BCUT2D eigenvalue weighted by atomic mass is 9.86. The van der Waals surface area contributed by atoms with E-state index in [0.29, 0.717) is 23.6 Å². The molecular formula is C27H32N2O3. The molecule has 5 heteroatoms. The van der Waals surface area contributed by atoms with Crippen molar-refractivity contribution in [2.75, 3.05) is 0 Å². The van der Waals surface area contributed by atoms with Gasteiger partial charge in [-0.15, -0.1) is 0 Å². The van der Waals surface area contributed by atoms with Gasteiger partial charge in [0.25, 0.3) is 5.91 Å². The lowest BCUT2D eigenvalue weighted by Crippen LogP contribution is -2.41. The molecule has 168 valence electrons. The van der Waals surface area contributed by atoms with Crippen molar-refractivity contribution in [1.29, 1.82) is 0 Å². The Balaban J connectivity index is 1.47. The number of nitrogens with one attached hydrogen (secondary N) is 1. The smallest absolute Gasteiger partial charge is 0.257 e. The first kappa shape index (κ1) is 22.3. The van der Waals surface area contributed by atoms with Crippen LogP contribution in [0.3, 0.4) is 0 Å². The predicted molar refractivity (Wildman–Crippen MR) is 126 cm³/mol. The standard InChI is InChI=1S/C27H32N2O3/c1-18-24(25(32-29-18)20-13-15-21(16-14-20)27(2,3)4)26(30)28-22-11-8-12-23(22)31-17-19-9-6-5-7-10-19/h5-7,9-10,13-16,22-23H,8,11-12,17H2,1-4H3,(H,28,30)/t22-,23-/m0/s1. The Hall–Kier alpha value is -2.92. The maximum absolute atomic E-state index is 13.3. The van der Waals surface area contributed by atoms with Crippen LogP contribution in [0.1, 0.15) is 67.2 Å². The minimum Gasteiger partial charge on any atom is -0.371 e. The maximum Gasteiger partial charge on any atom is 0.257 e. The van der Waals surface area contributed by atoms with Gasteiger partial charge in [0.1, 0.15) is 5.56 Å². The fourth-order valence-electron chi connectivity index (χ4n) is 4.26. The number of hydrogen-bond acceptors (Lipinski definition) is 4. The zero-order valence-corrected chi connectivity index (χ0v) is 19.4. The van der Waals surface area contributed by atoms with E-state index in [0.717, 1.165) is 30.4 Å². The van der Waals surface area contributed by atoms with Crippen LogP contribution in [0, 0.1) is 6.92 Å². The molecular weight excluding hydrogens is 400 g/mol. The van der Waals surface area contributed by atoms with Crippen LogP contribution in [0.5, 0.6) is 0 Å². The van der Waals surface area contributed by atoms with E-state index in [2.05, 4.69) is 55.5 Å². The van der Waals surface area contributed by atoms with Crippen LogP contribution >= 0.6 is 0 Å². The van der Waals surface area contributed by atoms with Crippen molar-refractivity contribution in [1.82, 2.24) is 10.5 Å². The second-order valence-corrected chi connectivity index (χ2v) is 9.65. The highest BCUT2D eigenvalue weighted by Crippen LogP contribution is 2.30. The Morgan fingerprint density at radius 2 is 1.81 bits per heavy atom. The Kier molecular flexibility index (Phi) is 6.47. The van der Waals surface area contributed by atoms with Crippen LogP contribution in [0.2, 0.25) is 0 Å². The monoisotopic (exact) mass is 432 g/mol. The molecule has 1 aromatic heterocycles. The minimum absolute atomic E-state index is 0.00819. The van der Waals surface area contributed by atoms with Crippen molar-refractivity contribution in [3.63, 3.8) is 0 Å². The number of rotatable bonds is 6. The van der Waals surface area contributed by atoms with E-state index < -0.39 is 0 Å². The van der Waals surface area contributed by atoms with Gasteiger partial charge in [-0.2, -0.15) is 0 Å². The number of ether oxygens (including phenoxy) is 1. The van der Waals surface area contributed by atoms with E-state index in [1.807, 2.05) is 37.3 Å². The topological polar surface area (TPSA) is 64.4 Å². The molecule has 5 nitrogen and oxygen atoms in total. The molecule has 32 heavy (non-hydrogen) atoms. The first-order valence-corrected chi connectivity index (χ1v) is 11.4. The lowest BCUT2D eigenvalue weighted by Gasteiger charge is -2.22. The van der Waals surface area contributed by atoms with Crippen LogP contribution in [-0.2, 0) is 16.8 Å². The molecule has 4 rings (SSSR count). The van der Waals surface area contributed by atoms with Gasteiger partial charge in [0, 0.05) is 5.56 Å². The van der Waals surface area contributed by atoms with Crippen LogP contribution in [0.4, 0.5) is 0 Å². The molecule has 0 bridgehead atoms. The quantitative estimate of drug-likeness (QED) is 0.533.